The summed E-state index contributed by atoms with van der Waals surface area (Å²) in [5, 5.41) is 0. The monoisotopic (exact) mass is 376 g/mol. The third-order valence-corrected chi connectivity index (χ3v) is 6.60. The van der Waals surface area contributed by atoms with E-state index in [-0.39, 0.29) is 10.8 Å². The van der Waals surface area contributed by atoms with Crippen LogP contribution in [0.3, 0.4) is 0 Å². The van der Waals surface area contributed by atoms with E-state index in [4.69, 9.17) is 9.78 Å². The van der Waals surface area contributed by atoms with Gasteiger partial charge in [0, 0.05) is 5.41 Å². The van der Waals surface area contributed by atoms with Crippen molar-refractivity contribution in [2.45, 2.75) is 72.0 Å². The maximum atomic E-state index is 6.03. The van der Waals surface area contributed by atoms with Crippen molar-refractivity contribution in [1.29, 1.82) is 0 Å². The highest BCUT2D eigenvalue weighted by atomic mass is 17.2. The summed E-state index contributed by atoms with van der Waals surface area (Å²) < 4.78 is 0. The smallest absolute Gasteiger partial charge is 0.150 e. The van der Waals surface area contributed by atoms with E-state index < -0.39 is 11.2 Å². The zero-order valence-electron chi connectivity index (χ0n) is 18.4. The topological polar surface area (TPSA) is 18.5 Å². The average molecular weight is 377 g/mol. The van der Waals surface area contributed by atoms with E-state index in [1.807, 2.05) is 0 Å². The molecule has 5 rings (SSSR count). The average Bonchev–Trinajstić information content (AvgIpc) is 2.58. The Kier molecular flexibility index (Phi) is 4.03. The van der Waals surface area contributed by atoms with E-state index in [1.165, 1.54) is 22.3 Å². The molecule has 0 radical (unpaired) electrons. The Bertz CT molecular complexity index is 902. The summed E-state index contributed by atoms with van der Waals surface area (Å²) in [7, 11) is 0. The first-order valence-electron chi connectivity index (χ1n) is 10.2. The van der Waals surface area contributed by atoms with Crippen LogP contribution in [-0.2, 0) is 15.2 Å². The molecule has 6 bridgehead atoms. The van der Waals surface area contributed by atoms with Gasteiger partial charge in [0.25, 0.3) is 0 Å². The van der Waals surface area contributed by atoms with Gasteiger partial charge in [0.2, 0.25) is 0 Å². The third-order valence-electron chi connectivity index (χ3n) is 6.60. The molecule has 0 fully saturated rings. The van der Waals surface area contributed by atoms with Gasteiger partial charge in [0.1, 0.15) is 5.60 Å². The summed E-state index contributed by atoms with van der Waals surface area (Å²) in [6.07, 6.45) is 13.4. The molecule has 0 amide bonds. The van der Waals surface area contributed by atoms with Crippen LogP contribution in [-0.4, -0.2) is 11.2 Å². The Morgan fingerprint density at radius 2 is 1.25 bits per heavy atom. The molecule has 0 N–H and O–H groups in total. The summed E-state index contributed by atoms with van der Waals surface area (Å²) in [5.74, 6) is 0. The van der Waals surface area contributed by atoms with Crippen molar-refractivity contribution in [2.75, 3.05) is 0 Å². The molecule has 0 unspecified atom stereocenters. The standard InChI is InChI=1S/C26H32O2/c1-17-18-9-11-20-15-26(24(5,6)7)16-21(25(20,8)27-28-26)12-10-19(17)14-22(13-18)23(2,3)4/h9-16H,1-8H3/b11-9-,12-10-. The molecule has 2 heteroatoms. The summed E-state index contributed by atoms with van der Waals surface area (Å²) in [6, 6.07) is 4.64. The molecule has 4 aliphatic rings. The van der Waals surface area contributed by atoms with Gasteiger partial charge in [-0.05, 0) is 64.8 Å². The van der Waals surface area contributed by atoms with Crippen molar-refractivity contribution in [1.82, 2.24) is 0 Å². The third kappa shape index (κ3) is 2.77. The molecule has 2 nitrogen and oxygen atoms in total. The Morgan fingerprint density at radius 3 is 1.68 bits per heavy atom. The highest BCUT2D eigenvalue weighted by Gasteiger charge is 2.54. The molecule has 148 valence electrons. The van der Waals surface area contributed by atoms with Crippen LogP contribution < -0.4 is 0 Å². The molecular formula is C26H32O2. The van der Waals surface area contributed by atoms with Gasteiger partial charge in [-0.2, -0.15) is 0 Å². The lowest BCUT2D eigenvalue weighted by Gasteiger charge is -2.51. The maximum absolute atomic E-state index is 6.03. The molecule has 0 saturated carbocycles. The first-order valence-corrected chi connectivity index (χ1v) is 10.2. The summed E-state index contributed by atoms with van der Waals surface area (Å²) in [6.45, 7) is 17.7. The molecule has 28 heavy (non-hydrogen) atoms. The van der Waals surface area contributed by atoms with Crippen LogP contribution in [0.5, 0.6) is 0 Å². The minimum absolute atomic E-state index is 0.107. The van der Waals surface area contributed by atoms with Crippen LogP contribution in [0.1, 0.15) is 70.7 Å². The SMILES string of the molecule is Cc1c2cc(C(C)(C)C)cc1/C=C\C1=CC3(C(C)(C)C)C=C(/C=C\2)C1(C)OO3. The molecule has 2 aliphatic heterocycles. The fourth-order valence-electron chi connectivity index (χ4n) is 4.11. The quantitative estimate of drug-likeness (QED) is 0.469. The van der Waals surface area contributed by atoms with Crippen LogP contribution in [0, 0.1) is 12.3 Å². The molecule has 2 aliphatic carbocycles. The maximum Gasteiger partial charge on any atom is 0.150 e. The normalized spacial score (nSPS) is 31.1. The van der Waals surface area contributed by atoms with E-state index >= 15 is 0 Å². The summed E-state index contributed by atoms with van der Waals surface area (Å²) in [5.41, 5.74) is 6.31. The number of benzene rings is 1. The minimum Gasteiger partial charge on any atom is -0.220 e. The van der Waals surface area contributed by atoms with Gasteiger partial charge in [-0.1, -0.05) is 78.0 Å². The molecule has 1 aromatic carbocycles. The van der Waals surface area contributed by atoms with Gasteiger partial charge in [-0.25, -0.2) is 9.78 Å². The second-order valence-corrected chi connectivity index (χ2v) is 10.6. The van der Waals surface area contributed by atoms with Crippen LogP contribution in [0.25, 0.3) is 12.2 Å². The second-order valence-electron chi connectivity index (χ2n) is 10.6. The van der Waals surface area contributed by atoms with E-state index in [9.17, 15) is 0 Å². The predicted molar refractivity (Wildman–Crippen MR) is 117 cm³/mol. The van der Waals surface area contributed by atoms with E-state index in [0.717, 1.165) is 11.1 Å². The van der Waals surface area contributed by atoms with E-state index in [2.05, 4.69) is 104 Å². The zero-order chi connectivity index (χ0) is 20.5. The second kappa shape index (κ2) is 5.81. The largest absolute Gasteiger partial charge is 0.220 e. The number of hydrogen-bond donors (Lipinski definition) is 0. The summed E-state index contributed by atoms with van der Waals surface area (Å²) >= 11 is 0. The Balaban J connectivity index is 1.96. The Hall–Kier alpha value is -1.90. The molecule has 0 saturated heterocycles. The van der Waals surface area contributed by atoms with Crippen LogP contribution in [0.2, 0.25) is 0 Å². The van der Waals surface area contributed by atoms with E-state index in [1.54, 1.807) is 0 Å². The van der Waals surface area contributed by atoms with Gasteiger partial charge in [0.15, 0.2) is 5.60 Å². The zero-order valence-corrected chi connectivity index (χ0v) is 18.4. The first kappa shape index (κ1) is 19.4. The minimum atomic E-state index is -0.586. The molecule has 0 spiro atoms. The lowest BCUT2D eigenvalue weighted by molar-refractivity contribution is -0.405. The van der Waals surface area contributed by atoms with Crippen molar-refractivity contribution in [3.05, 3.63) is 69.8 Å². The fraction of sp³-hybridized carbons (Fsp3) is 0.462. The molecule has 0 aromatic heterocycles. The number of fused-ring (bicyclic) bond motifs is 3. The van der Waals surface area contributed by atoms with Gasteiger partial charge >= 0.3 is 0 Å². The van der Waals surface area contributed by atoms with E-state index in [0.29, 0.717) is 0 Å². The molecule has 1 aromatic rings. The highest BCUT2D eigenvalue weighted by Crippen LogP contribution is 2.52. The fourth-order valence-corrected chi connectivity index (χ4v) is 4.11. The van der Waals surface area contributed by atoms with Gasteiger partial charge in [-0.3, -0.25) is 0 Å². The first-order chi connectivity index (χ1) is 12.9. The lowest BCUT2D eigenvalue weighted by atomic mass is 9.67. The Labute approximate surface area is 169 Å². The predicted octanol–water partition coefficient (Wildman–Crippen LogP) is 6.70. The van der Waals surface area contributed by atoms with Gasteiger partial charge < -0.3 is 0 Å². The van der Waals surface area contributed by atoms with Crippen molar-refractivity contribution >= 4 is 12.2 Å². The number of rotatable bonds is 0. The van der Waals surface area contributed by atoms with Crippen LogP contribution >= 0.6 is 0 Å². The Morgan fingerprint density at radius 1 is 0.750 bits per heavy atom. The van der Waals surface area contributed by atoms with Gasteiger partial charge in [0.05, 0.1) is 0 Å². The van der Waals surface area contributed by atoms with Crippen molar-refractivity contribution < 1.29 is 9.78 Å². The summed E-state index contributed by atoms with van der Waals surface area (Å²) in [4.78, 5) is 12.0. The molecular weight excluding hydrogens is 344 g/mol. The van der Waals surface area contributed by atoms with Crippen LogP contribution in [0.15, 0.2) is 47.6 Å². The lowest BCUT2D eigenvalue weighted by Crippen LogP contribution is -2.55. The molecule has 0 atom stereocenters. The van der Waals surface area contributed by atoms with Crippen LogP contribution in [0.4, 0.5) is 0 Å². The highest BCUT2D eigenvalue weighted by molar-refractivity contribution is 5.71. The van der Waals surface area contributed by atoms with Gasteiger partial charge in [-0.15, -0.1) is 0 Å². The van der Waals surface area contributed by atoms with Crippen molar-refractivity contribution in [2.24, 2.45) is 5.41 Å². The van der Waals surface area contributed by atoms with Crippen molar-refractivity contribution in [3.63, 3.8) is 0 Å². The van der Waals surface area contributed by atoms with Crippen molar-refractivity contribution in [3.8, 4) is 0 Å². The number of hydrogen-bond acceptors (Lipinski definition) is 2. The molecule has 2 heterocycles.